The molecule has 6 nitrogen and oxygen atoms in total. The molecule has 0 bridgehead atoms. The van der Waals surface area contributed by atoms with Gasteiger partial charge in [0.05, 0.1) is 16.0 Å². The highest BCUT2D eigenvalue weighted by molar-refractivity contribution is 7.89. The lowest BCUT2D eigenvalue weighted by Gasteiger charge is -2.13. The van der Waals surface area contributed by atoms with Crippen LogP contribution < -0.4 is 10.5 Å². The Bertz CT molecular complexity index is 873. The molecule has 0 aliphatic rings. The smallest absolute Gasteiger partial charge is 0.354 e. The van der Waals surface area contributed by atoms with Crippen LogP contribution in [0.1, 0.15) is 22.8 Å². The van der Waals surface area contributed by atoms with Gasteiger partial charge in [0.2, 0.25) is 10.0 Å². The number of anilines is 1. The normalized spacial score (nSPS) is 12.2. The second-order valence-corrected chi connectivity index (χ2v) is 6.47. The summed E-state index contributed by atoms with van der Waals surface area (Å²) in [6, 6.07) is 3.81. The van der Waals surface area contributed by atoms with Crippen molar-refractivity contribution in [3.63, 3.8) is 0 Å². The summed E-state index contributed by atoms with van der Waals surface area (Å²) in [5, 5.41) is 7.10. The number of nitrogens with two attached hydrogens (primary N) is 1. The molecule has 0 aliphatic heterocycles. The standard InChI is InChI=1S/C14H14F3N3O3S/c1-2-20-6-5-9(8-20)13(21)19-10-3-4-12(24(18,22)23)11(7-10)14(15,16)17/h3-8H,2H2,1H3,(H,19,21)(H2,18,22,23). The summed E-state index contributed by atoms with van der Waals surface area (Å²) in [5.41, 5.74) is -1.36. The third-order valence-electron chi connectivity index (χ3n) is 3.23. The first-order chi connectivity index (χ1) is 11.0. The van der Waals surface area contributed by atoms with Crippen LogP contribution in [-0.2, 0) is 22.7 Å². The maximum absolute atomic E-state index is 13.0. The molecule has 24 heavy (non-hydrogen) atoms. The fraction of sp³-hybridized carbons (Fsp3) is 0.214. The number of benzene rings is 1. The van der Waals surface area contributed by atoms with Crippen LogP contribution in [-0.4, -0.2) is 18.9 Å². The number of carbonyl (C=O) groups excluding carboxylic acids is 1. The van der Waals surface area contributed by atoms with E-state index < -0.39 is 32.6 Å². The molecule has 0 atom stereocenters. The SMILES string of the molecule is CCn1ccc(C(=O)Nc2ccc(S(N)(=O)=O)c(C(F)(F)F)c2)c1. The Morgan fingerprint density at radius 3 is 2.46 bits per heavy atom. The number of hydrogen-bond donors (Lipinski definition) is 2. The molecule has 0 spiro atoms. The number of aryl methyl sites for hydroxylation is 1. The monoisotopic (exact) mass is 361 g/mol. The topological polar surface area (TPSA) is 94.2 Å². The third kappa shape index (κ3) is 3.95. The Morgan fingerprint density at radius 1 is 1.29 bits per heavy atom. The molecule has 0 radical (unpaired) electrons. The molecule has 0 saturated carbocycles. The van der Waals surface area contributed by atoms with E-state index in [1.54, 1.807) is 17.0 Å². The Morgan fingerprint density at radius 2 is 1.96 bits per heavy atom. The number of primary sulfonamides is 1. The Kier molecular flexibility index (Phi) is 4.72. The fourth-order valence-corrected chi connectivity index (χ4v) is 2.79. The molecular weight excluding hydrogens is 347 g/mol. The van der Waals surface area contributed by atoms with Crippen molar-refractivity contribution in [3.8, 4) is 0 Å². The Labute approximate surface area is 136 Å². The molecule has 1 amide bonds. The van der Waals surface area contributed by atoms with E-state index in [9.17, 15) is 26.4 Å². The Balaban J connectivity index is 2.37. The van der Waals surface area contributed by atoms with Crippen LogP contribution in [0.15, 0.2) is 41.6 Å². The van der Waals surface area contributed by atoms with Crippen LogP contribution in [0.2, 0.25) is 0 Å². The van der Waals surface area contributed by atoms with Gasteiger partial charge in [-0.25, -0.2) is 13.6 Å². The van der Waals surface area contributed by atoms with Gasteiger partial charge in [-0.2, -0.15) is 13.2 Å². The van der Waals surface area contributed by atoms with Gasteiger partial charge in [0.15, 0.2) is 0 Å². The van der Waals surface area contributed by atoms with Crippen molar-refractivity contribution < 1.29 is 26.4 Å². The minimum absolute atomic E-state index is 0.191. The number of aromatic nitrogens is 1. The van der Waals surface area contributed by atoms with Crippen molar-refractivity contribution in [1.29, 1.82) is 0 Å². The maximum atomic E-state index is 13.0. The van der Waals surface area contributed by atoms with E-state index in [4.69, 9.17) is 5.14 Å². The number of hydrogen-bond acceptors (Lipinski definition) is 3. The number of amides is 1. The molecule has 0 fully saturated rings. The zero-order valence-electron chi connectivity index (χ0n) is 12.5. The molecule has 1 aromatic heterocycles. The van der Waals surface area contributed by atoms with Crippen molar-refractivity contribution in [2.75, 3.05) is 5.32 Å². The lowest BCUT2D eigenvalue weighted by molar-refractivity contribution is -0.139. The summed E-state index contributed by atoms with van der Waals surface area (Å²) >= 11 is 0. The third-order valence-corrected chi connectivity index (χ3v) is 4.20. The molecule has 130 valence electrons. The van der Waals surface area contributed by atoms with Gasteiger partial charge in [0, 0.05) is 24.6 Å². The highest BCUT2D eigenvalue weighted by Crippen LogP contribution is 2.35. The molecule has 0 saturated heterocycles. The van der Waals surface area contributed by atoms with Gasteiger partial charge in [-0.3, -0.25) is 4.79 Å². The lowest BCUT2D eigenvalue weighted by Crippen LogP contribution is -2.20. The van der Waals surface area contributed by atoms with E-state index in [-0.39, 0.29) is 11.3 Å². The predicted octanol–water partition coefficient (Wildman–Crippen LogP) is 2.43. The largest absolute Gasteiger partial charge is 0.417 e. The molecule has 0 aliphatic carbocycles. The number of rotatable bonds is 4. The van der Waals surface area contributed by atoms with Crippen molar-refractivity contribution in [2.24, 2.45) is 5.14 Å². The number of nitrogens with one attached hydrogen (secondary N) is 1. The van der Waals surface area contributed by atoms with Crippen molar-refractivity contribution in [1.82, 2.24) is 4.57 Å². The molecule has 2 aromatic rings. The Hall–Kier alpha value is -2.33. The molecule has 1 aromatic carbocycles. The molecule has 0 unspecified atom stereocenters. The van der Waals surface area contributed by atoms with E-state index in [1.807, 2.05) is 6.92 Å². The van der Waals surface area contributed by atoms with Gasteiger partial charge in [0.25, 0.3) is 5.91 Å². The van der Waals surface area contributed by atoms with Crippen molar-refractivity contribution in [2.45, 2.75) is 24.5 Å². The van der Waals surface area contributed by atoms with Crippen molar-refractivity contribution in [3.05, 3.63) is 47.8 Å². The first kappa shape index (κ1) is 18.0. The average Bonchev–Trinajstić information content (AvgIpc) is 2.94. The summed E-state index contributed by atoms with van der Waals surface area (Å²) in [4.78, 5) is 11.0. The number of carbonyl (C=O) groups is 1. The molecular formula is C14H14F3N3O3S. The van der Waals surface area contributed by atoms with E-state index in [0.29, 0.717) is 18.7 Å². The minimum atomic E-state index is -4.94. The second kappa shape index (κ2) is 6.29. The summed E-state index contributed by atoms with van der Waals surface area (Å²) < 4.78 is 63.4. The highest BCUT2D eigenvalue weighted by Gasteiger charge is 2.36. The molecule has 1 heterocycles. The molecule has 3 N–H and O–H groups in total. The minimum Gasteiger partial charge on any atom is -0.354 e. The first-order valence-corrected chi connectivity index (χ1v) is 8.28. The van der Waals surface area contributed by atoms with E-state index in [0.717, 1.165) is 6.07 Å². The van der Waals surface area contributed by atoms with Gasteiger partial charge in [-0.15, -0.1) is 0 Å². The maximum Gasteiger partial charge on any atom is 0.417 e. The zero-order valence-corrected chi connectivity index (χ0v) is 13.3. The van der Waals surface area contributed by atoms with Crippen LogP contribution in [0.4, 0.5) is 18.9 Å². The lowest BCUT2D eigenvalue weighted by atomic mass is 10.2. The van der Waals surface area contributed by atoms with Gasteiger partial charge in [-0.1, -0.05) is 0 Å². The average molecular weight is 361 g/mol. The van der Waals surface area contributed by atoms with Crippen LogP contribution in [0, 0.1) is 0 Å². The quantitative estimate of drug-likeness (QED) is 0.876. The van der Waals surface area contributed by atoms with E-state index in [1.165, 1.54) is 6.07 Å². The van der Waals surface area contributed by atoms with Gasteiger partial charge < -0.3 is 9.88 Å². The van der Waals surface area contributed by atoms with Crippen LogP contribution >= 0.6 is 0 Å². The summed E-state index contributed by atoms with van der Waals surface area (Å²) in [6.45, 7) is 2.50. The number of nitrogens with zero attached hydrogens (tertiary/aromatic N) is 1. The summed E-state index contributed by atoms with van der Waals surface area (Å²) in [7, 11) is -4.55. The second-order valence-electron chi connectivity index (χ2n) is 4.94. The highest BCUT2D eigenvalue weighted by atomic mass is 32.2. The van der Waals surface area contributed by atoms with E-state index in [2.05, 4.69) is 5.32 Å². The van der Waals surface area contributed by atoms with E-state index >= 15 is 0 Å². The van der Waals surface area contributed by atoms with Crippen molar-refractivity contribution >= 4 is 21.6 Å². The van der Waals surface area contributed by atoms with Gasteiger partial charge >= 0.3 is 6.18 Å². The predicted molar refractivity (Wildman–Crippen MR) is 80.9 cm³/mol. The first-order valence-electron chi connectivity index (χ1n) is 6.73. The van der Waals surface area contributed by atoms with Gasteiger partial charge in [0.1, 0.15) is 0 Å². The fourth-order valence-electron chi connectivity index (χ4n) is 2.05. The van der Waals surface area contributed by atoms with Gasteiger partial charge in [-0.05, 0) is 31.2 Å². The van der Waals surface area contributed by atoms with Crippen LogP contribution in [0.25, 0.3) is 0 Å². The zero-order chi connectivity index (χ0) is 18.1. The summed E-state index contributed by atoms with van der Waals surface area (Å²) in [5.74, 6) is -0.612. The number of halogens is 3. The summed E-state index contributed by atoms with van der Waals surface area (Å²) in [6.07, 6.45) is -1.74. The van der Waals surface area contributed by atoms with Crippen LogP contribution in [0.3, 0.4) is 0 Å². The molecule has 10 heteroatoms. The molecule has 2 rings (SSSR count). The number of alkyl halides is 3. The number of sulfonamides is 1. The van der Waals surface area contributed by atoms with Crippen LogP contribution in [0.5, 0.6) is 0 Å².